The van der Waals surface area contributed by atoms with Crippen LogP contribution in [0.3, 0.4) is 0 Å². The normalized spacial score (nSPS) is 19.2. The summed E-state index contributed by atoms with van der Waals surface area (Å²) < 4.78 is 4.67. The lowest BCUT2D eigenvalue weighted by molar-refractivity contribution is -0.158. The Kier molecular flexibility index (Phi) is 5.57. The quantitative estimate of drug-likeness (QED) is 0.643. The van der Waals surface area contributed by atoms with Crippen LogP contribution in [0.25, 0.3) is 0 Å². The first-order valence-corrected chi connectivity index (χ1v) is 5.94. The van der Waals surface area contributed by atoms with E-state index in [1.54, 1.807) is 0 Å². The van der Waals surface area contributed by atoms with Crippen LogP contribution in [0.15, 0.2) is 0 Å². The highest BCUT2D eigenvalue weighted by Gasteiger charge is 2.32. The number of hydrazine groups is 1. The molecule has 0 saturated carbocycles. The van der Waals surface area contributed by atoms with Gasteiger partial charge in [0.2, 0.25) is 11.8 Å². The summed E-state index contributed by atoms with van der Waals surface area (Å²) >= 11 is 0. The monoisotopic (exact) mass is 257 g/mol. The van der Waals surface area contributed by atoms with Crippen molar-refractivity contribution in [3.63, 3.8) is 0 Å². The van der Waals surface area contributed by atoms with Crippen molar-refractivity contribution in [2.45, 2.75) is 32.2 Å². The van der Waals surface area contributed by atoms with E-state index in [2.05, 4.69) is 15.5 Å². The smallest absolute Gasteiger partial charge is 0.330 e. The van der Waals surface area contributed by atoms with Crippen LogP contribution >= 0.6 is 0 Å². The van der Waals surface area contributed by atoms with Crippen LogP contribution in [0.4, 0.5) is 0 Å². The van der Waals surface area contributed by atoms with E-state index in [0.29, 0.717) is 13.0 Å². The third-order valence-corrected chi connectivity index (χ3v) is 2.70. The number of hydrogen-bond acceptors (Lipinski definition) is 5. The number of ether oxygens (including phenoxy) is 1. The second-order valence-electron chi connectivity index (χ2n) is 4.09. The van der Waals surface area contributed by atoms with Gasteiger partial charge in [-0.1, -0.05) is 0 Å². The Labute approximate surface area is 106 Å². The zero-order valence-electron chi connectivity index (χ0n) is 10.7. The standard InChI is InChI=1S/C11H19N3O4/c1-8(15)12-7-5-10(16)14-9(11(17)18-2)4-3-6-13-14/h9,13H,3-7H2,1-2H3,(H,12,15)/t9-/m0/s1. The van der Waals surface area contributed by atoms with Crippen molar-refractivity contribution in [2.24, 2.45) is 0 Å². The topological polar surface area (TPSA) is 87.7 Å². The molecule has 0 unspecified atom stereocenters. The molecular formula is C11H19N3O4. The molecule has 18 heavy (non-hydrogen) atoms. The molecule has 1 aliphatic heterocycles. The Morgan fingerprint density at radius 2 is 2.17 bits per heavy atom. The molecule has 0 bridgehead atoms. The number of nitrogens with zero attached hydrogens (tertiary/aromatic N) is 1. The van der Waals surface area contributed by atoms with Gasteiger partial charge in [0.25, 0.3) is 0 Å². The highest BCUT2D eigenvalue weighted by atomic mass is 16.5. The average molecular weight is 257 g/mol. The second kappa shape index (κ2) is 6.95. The molecule has 0 aromatic rings. The molecule has 102 valence electrons. The minimum absolute atomic E-state index is 0.153. The van der Waals surface area contributed by atoms with E-state index in [4.69, 9.17) is 0 Å². The van der Waals surface area contributed by atoms with Gasteiger partial charge in [-0.3, -0.25) is 14.6 Å². The fourth-order valence-electron chi connectivity index (χ4n) is 1.82. The van der Waals surface area contributed by atoms with E-state index in [1.807, 2.05) is 0 Å². The average Bonchev–Trinajstić information content (AvgIpc) is 2.37. The minimum Gasteiger partial charge on any atom is -0.467 e. The summed E-state index contributed by atoms with van der Waals surface area (Å²) in [6.07, 6.45) is 1.56. The molecule has 0 aliphatic carbocycles. The number of rotatable bonds is 4. The van der Waals surface area contributed by atoms with E-state index in [1.165, 1.54) is 19.0 Å². The number of hydrogen-bond donors (Lipinski definition) is 2. The van der Waals surface area contributed by atoms with Crippen molar-refractivity contribution in [1.29, 1.82) is 0 Å². The minimum atomic E-state index is -0.575. The van der Waals surface area contributed by atoms with Crippen molar-refractivity contribution in [3.8, 4) is 0 Å². The van der Waals surface area contributed by atoms with Gasteiger partial charge in [0.05, 0.1) is 7.11 Å². The van der Waals surface area contributed by atoms with Crippen molar-refractivity contribution >= 4 is 17.8 Å². The van der Waals surface area contributed by atoms with Gasteiger partial charge in [-0.15, -0.1) is 0 Å². The van der Waals surface area contributed by atoms with Gasteiger partial charge in [-0.25, -0.2) is 10.2 Å². The summed E-state index contributed by atoms with van der Waals surface area (Å²) in [6.45, 7) is 2.31. The molecule has 0 aromatic carbocycles. The number of carbonyl (C=O) groups is 3. The van der Waals surface area contributed by atoms with Crippen molar-refractivity contribution in [1.82, 2.24) is 15.8 Å². The first kappa shape index (κ1) is 14.4. The molecule has 2 N–H and O–H groups in total. The van der Waals surface area contributed by atoms with Crippen molar-refractivity contribution in [3.05, 3.63) is 0 Å². The van der Waals surface area contributed by atoms with Crippen LogP contribution in [-0.2, 0) is 19.1 Å². The van der Waals surface area contributed by atoms with E-state index < -0.39 is 12.0 Å². The molecule has 1 atom stereocenters. The van der Waals surface area contributed by atoms with Gasteiger partial charge in [0, 0.05) is 26.4 Å². The van der Waals surface area contributed by atoms with E-state index in [0.717, 1.165) is 6.42 Å². The van der Waals surface area contributed by atoms with Gasteiger partial charge in [-0.2, -0.15) is 0 Å². The lowest BCUT2D eigenvalue weighted by Crippen LogP contribution is -2.56. The molecular weight excluding hydrogens is 238 g/mol. The maximum atomic E-state index is 11.9. The zero-order valence-corrected chi connectivity index (χ0v) is 10.7. The van der Waals surface area contributed by atoms with Crippen LogP contribution in [-0.4, -0.2) is 49.0 Å². The summed E-state index contributed by atoms with van der Waals surface area (Å²) in [4.78, 5) is 34.1. The van der Waals surface area contributed by atoms with E-state index >= 15 is 0 Å². The molecule has 2 amide bonds. The highest BCUT2D eigenvalue weighted by Crippen LogP contribution is 2.12. The Morgan fingerprint density at radius 1 is 1.44 bits per heavy atom. The van der Waals surface area contributed by atoms with Crippen LogP contribution < -0.4 is 10.7 Å². The Morgan fingerprint density at radius 3 is 2.78 bits per heavy atom. The second-order valence-corrected chi connectivity index (χ2v) is 4.09. The summed E-state index contributed by atoms with van der Waals surface area (Å²) in [5, 5.41) is 3.86. The summed E-state index contributed by atoms with van der Waals surface area (Å²) in [5.74, 6) is -0.826. The molecule has 1 saturated heterocycles. The SMILES string of the molecule is COC(=O)[C@@H]1CCCNN1C(=O)CCNC(C)=O. The van der Waals surface area contributed by atoms with Crippen molar-refractivity contribution < 1.29 is 19.1 Å². The predicted molar refractivity (Wildman–Crippen MR) is 63.2 cm³/mol. The van der Waals surface area contributed by atoms with Gasteiger partial charge in [0.1, 0.15) is 6.04 Å². The highest BCUT2D eigenvalue weighted by molar-refractivity contribution is 5.84. The summed E-state index contributed by atoms with van der Waals surface area (Å²) in [7, 11) is 1.30. The number of nitrogens with one attached hydrogen (secondary N) is 2. The van der Waals surface area contributed by atoms with Crippen molar-refractivity contribution in [2.75, 3.05) is 20.2 Å². The molecule has 7 heteroatoms. The van der Waals surface area contributed by atoms with E-state index in [9.17, 15) is 14.4 Å². The lowest BCUT2D eigenvalue weighted by Gasteiger charge is -2.34. The van der Waals surface area contributed by atoms with Crippen LogP contribution in [0.1, 0.15) is 26.2 Å². The fourth-order valence-corrected chi connectivity index (χ4v) is 1.82. The zero-order chi connectivity index (χ0) is 13.5. The predicted octanol–water partition coefficient (Wildman–Crippen LogP) is -0.819. The number of carbonyl (C=O) groups excluding carboxylic acids is 3. The molecule has 0 spiro atoms. The van der Waals surface area contributed by atoms with Gasteiger partial charge in [0.15, 0.2) is 0 Å². The summed E-state index contributed by atoms with van der Waals surface area (Å²) in [5.41, 5.74) is 2.89. The Balaban J connectivity index is 2.52. The molecule has 0 radical (unpaired) electrons. The number of amides is 2. The Hall–Kier alpha value is -1.63. The van der Waals surface area contributed by atoms with E-state index in [-0.39, 0.29) is 24.8 Å². The van der Waals surface area contributed by atoms with Crippen LogP contribution in [0.5, 0.6) is 0 Å². The van der Waals surface area contributed by atoms with Gasteiger partial charge in [-0.05, 0) is 12.8 Å². The molecule has 1 fully saturated rings. The fraction of sp³-hybridized carbons (Fsp3) is 0.727. The first-order chi connectivity index (χ1) is 8.56. The molecule has 1 rings (SSSR count). The summed E-state index contributed by atoms with van der Waals surface area (Å²) in [6, 6.07) is -0.575. The van der Waals surface area contributed by atoms with Crippen LogP contribution in [0.2, 0.25) is 0 Å². The Bertz CT molecular complexity index is 332. The number of methoxy groups -OCH3 is 1. The maximum Gasteiger partial charge on any atom is 0.330 e. The lowest BCUT2D eigenvalue weighted by atomic mass is 10.1. The maximum absolute atomic E-state index is 11.9. The number of esters is 1. The molecule has 7 nitrogen and oxygen atoms in total. The largest absolute Gasteiger partial charge is 0.467 e. The third kappa shape index (κ3) is 3.99. The third-order valence-electron chi connectivity index (χ3n) is 2.70. The first-order valence-electron chi connectivity index (χ1n) is 5.94. The van der Waals surface area contributed by atoms with Gasteiger partial charge < -0.3 is 10.1 Å². The molecule has 1 heterocycles. The molecule has 1 aliphatic rings. The van der Waals surface area contributed by atoms with Gasteiger partial charge >= 0.3 is 5.97 Å². The van der Waals surface area contributed by atoms with Crippen LogP contribution in [0, 0.1) is 0 Å². The molecule has 0 aromatic heterocycles.